The van der Waals surface area contributed by atoms with E-state index in [-0.39, 0.29) is 11.6 Å². The Morgan fingerprint density at radius 1 is 1.38 bits per heavy atom. The van der Waals surface area contributed by atoms with Crippen molar-refractivity contribution in [2.45, 2.75) is 19.4 Å². The van der Waals surface area contributed by atoms with E-state index in [0.717, 1.165) is 23.2 Å². The number of rotatable bonds is 2. The van der Waals surface area contributed by atoms with E-state index in [2.05, 4.69) is 0 Å². The fraction of sp³-hybridized carbons (Fsp3) is 0.250. The molecular weight excluding hydrogens is 270 g/mol. The lowest BCUT2D eigenvalue weighted by Crippen LogP contribution is -2.24. The first kappa shape index (κ1) is 13.4. The first-order chi connectivity index (χ1) is 10.0. The van der Waals surface area contributed by atoms with Gasteiger partial charge in [0, 0.05) is 23.9 Å². The normalized spacial score (nSPS) is 16.0. The van der Waals surface area contributed by atoms with Crippen molar-refractivity contribution in [3.05, 3.63) is 51.8 Å². The van der Waals surface area contributed by atoms with Gasteiger partial charge in [0.15, 0.2) is 5.43 Å². The second-order valence-corrected chi connectivity index (χ2v) is 5.23. The van der Waals surface area contributed by atoms with E-state index in [1.165, 1.54) is 12.3 Å². The smallest absolute Gasteiger partial charge is 0.341 e. The van der Waals surface area contributed by atoms with E-state index < -0.39 is 11.4 Å². The van der Waals surface area contributed by atoms with E-state index in [4.69, 9.17) is 9.84 Å². The lowest BCUT2D eigenvalue weighted by molar-refractivity contribution is 0.0694. The molecule has 2 heterocycles. The highest BCUT2D eigenvalue weighted by Crippen LogP contribution is 2.35. The third-order valence-corrected chi connectivity index (χ3v) is 3.89. The van der Waals surface area contributed by atoms with Gasteiger partial charge in [0.2, 0.25) is 0 Å². The molecule has 1 aliphatic rings. The number of pyridine rings is 1. The molecule has 1 unspecified atom stereocenters. The molecule has 0 saturated carbocycles. The standard InChI is InChI=1S/C16H15NO4/c1-9-5-10-3-4-11(21-2)6-12(10)14-7-15(18)13(16(19)20)8-17(9)14/h3-4,6-9H,5H2,1-2H3,(H,19,20). The Morgan fingerprint density at radius 3 is 2.81 bits per heavy atom. The average molecular weight is 285 g/mol. The zero-order chi connectivity index (χ0) is 15.1. The second-order valence-electron chi connectivity index (χ2n) is 5.23. The highest BCUT2D eigenvalue weighted by Gasteiger charge is 2.23. The molecule has 5 heteroatoms. The van der Waals surface area contributed by atoms with Crippen molar-refractivity contribution in [2.75, 3.05) is 7.11 Å². The Kier molecular flexibility index (Phi) is 3.05. The summed E-state index contributed by atoms with van der Waals surface area (Å²) in [5, 5.41) is 9.10. The summed E-state index contributed by atoms with van der Waals surface area (Å²) in [6.45, 7) is 2.01. The third kappa shape index (κ3) is 2.11. The van der Waals surface area contributed by atoms with Crippen molar-refractivity contribution in [1.82, 2.24) is 4.57 Å². The minimum Gasteiger partial charge on any atom is -0.497 e. The molecule has 0 amide bonds. The highest BCUT2D eigenvalue weighted by atomic mass is 16.5. The van der Waals surface area contributed by atoms with E-state index in [0.29, 0.717) is 5.75 Å². The van der Waals surface area contributed by atoms with Crippen LogP contribution >= 0.6 is 0 Å². The summed E-state index contributed by atoms with van der Waals surface area (Å²) >= 11 is 0. The fourth-order valence-electron chi connectivity index (χ4n) is 2.81. The molecule has 5 nitrogen and oxygen atoms in total. The summed E-state index contributed by atoms with van der Waals surface area (Å²) in [5.41, 5.74) is 2.11. The van der Waals surface area contributed by atoms with Crippen LogP contribution in [0.15, 0.2) is 35.3 Å². The highest BCUT2D eigenvalue weighted by molar-refractivity contribution is 5.87. The summed E-state index contributed by atoms with van der Waals surface area (Å²) in [7, 11) is 1.59. The van der Waals surface area contributed by atoms with Crippen LogP contribution in [0.3, 0.4) is 0 Å². The Balaban J connectivity index is 2.28. The van der Waals surface area contributed by atoms with Crippen molar-refractivity contribution >= 4 is 5.97 Å². The largest absolute Gasteiger partial charge is 0.497 e. The number of nitrogens with zero attached hydrogens (tertiary/aromatic N) is 1. The SMILES string of the molecule is COc1ccc2c(c1)-c1cc(=O)c(C(=O)O)cn1C(C)C2. The number of carbonyl (C=O) groups is 1. The van der Waals surface area contributed by atoms with Crippen molar-refractivity contribution < 1.29 is 14.6 Å². The van der Waals surface area contributed by atoms with Gasteiger partial charge in [-0.2, -0.15) is 0 Å². The lowest BCUT2D eigenvalue weighted by Gasteiger charge is -2.28. The number of aromatic nitrogens is 1. The Labute approximate surface area is 121 Å². The minimum atomic E-state index is -1.20. The third-order valence-electron chi connectivity index (χ3n) is 3.89. The maximum atomic E-state index is 12.0. The van der Waals surface area contributed by atoms with Crippen LogP contribution in [0.2, 0.25) is 0 Å². The van der Waals surface area contributed by atoms with Crippen LogP contribution in [0, 0.1) is 0 Å². The first-order valence-electron chi connectivity index (χ1n) is 6.68. The van der Waals surface area contributed by atoms with Crippen LogP contribution in [0.4, 0.5) is 0 Å². The molecule has 21 heavy (non-hydrogen) atoms. The number of aromatic carboxylic acids is 1. The van der Waals surface area contributed by atoms with Crippen LogP contribution in [0.5, 0.6) is 5.75 Å². The van der Waals surface area contributed by atoms with Gasteiger partial charge in [-0.05, 0) is 31.0 Å². The molecule has 1 aromatic carbocycles. The molecule has 1 N–H and O–H groups in total. The number of benzene rings is 1. The summed E-state index contributed by atoms with van der Waals surface area (Å²) in [6.07, 6.45) is 2.22. The van der Waals surface area contributed by atoms with E-state index in [9.17, 15) is 9.59 Å². The number of fused-ring (bicyclic) bond motifs is 3. The van der Waals surface area contributed by atoms with Crippen LogP contribution in [0.1, 0.15) is 28.9 Å². The van der Waals surface area contributed by atoms with Crippen LogP contribution < -0.4 is 10.2 Å². The number of carboxylic acids is 1. The molecule has 1 atom stereocenters. The predicted octanol–water partition coefficient (Wildman–Crippen LogP) is 2.34. The van der Waals surface area contributed by atoms with Gasteiger partial charge in [-0.25, -0.2) is 4.79 Å². The van der Waals surface area contributed by atoms with Crippen molar-refractivity contribution in [3.63, 3.8) is 0 Å². The molecule has 1 aliphatic heterocycles. The van der Waals surface area contributed by atoms with Crippen molar-refractivity contribution in [1.29, 1.82) is 0 Å². The zero-order valence-corrected chi connectivity index (χ0v) is 11.8. The molecule has 0 aliphatic carbocycles. The quantitative estimate of drug-likeness (QED) is 0.919. The molecule has 3 rings (SSSR count). The maximum absolute atomic E-state index is 12.0. The molecule has 1 aromatic heterocycles. The van der Waals surface area contributed by atoms with Gasteiger partial charge in [-0.1, -0.05) is 6.07 Å². The monoisotopic (exact) mass is 285 g/mol. The van der Waals surface area contributed by atoms with Crippen LogP contribution in [-0.4, -0.2) is 22.8 Å². The molecule has 0 spiro atoms. The number of hydrogen-bond donors (Lipinski definition) is 1. The van der Waals surface area contributed by atoms with Gasteiger partial charge < -0.3 is 14.4 Å². The van der Waals surface area contributed by atoms with Gasteiger partial charge in [-0.15, -0.1) is 0 Å². The molecule has 108 valence electrons. The summed E-state index contributed by atoms with van der Waals surface area (Å²) < 4.78 is 7.09. The van der Waals surface area contributed by atoms with E-state index >= 15 is 0 Å². The van der Waals surface area contributed by atoms with Crippen molar-refractivity contribution in [3.8, 4) is 17.0 Å². The molecule has 0 bridgehead atoms. The summed E-state index contributed by atoms with van der Waals surface area (Å²) in [5.74, 6) is -0.483. The molecule has 0 saturated heterocycles. The van der Waals surface area contributed by atoms with Gasteiger partial charge in [0.05, 0.1) is 12.8 Å². The Morgan fingerprint density at radius 2 is 2.14 bits per heavy atom. The summed E-state index contributed by atoms with van der Waals surface area (Å²) in [4.78, 5) is 23.1. The van der Waals surface area contributed by atoms with Gasteiger partial charge in [0.25, 0.3) is 0 Å². The number of carboxylic acid groups (broad SMARTS) is 1. The zero-order valence-electron chi connectivity index (χ0n) is 11.8. The van der Waals surface area contributed by atoms with Gasteiger partial charge >= 0.3 is 5.97 Å². The lowest BCUT2D eigenvalue weighted by atomic mass is 9.92. The Hall–Kier alpha value is -2.56. The molecule has 0 radical (unpaired) electrons. The van der Waals surface area contributed by atoms with E-state index in [1.807, 2.05) is 29.7 Å². The molecular formula is C16H15NO4. The van der Waals surface area contributed by atoms with Crippen LogP contribution in [-0.2, 0) is 6.42 Å². The second kappa shape index (κ2) is 4.77. The predicted molar refractivity (Wildman–Crippen MR) is 78.1 cm³/mol. The number of ether oxygens (including phenoxy) is 1. The van der Waals surface area contributed by atoms with Crippen molar-refractivity contribution in [2.24, 2.45) is 0 Å². The average Bonchev–Trinajstić information content (AvgIpc) is 2.46. The number of methoxy groups -OCH3 is 1. The van der Waals surface area contributed by atoms with Gasteiger partial charge in [-0.3, -0.25) is 4.79 Å². The topological polar surface area (TPSA) is 68.5 Å². The molecule has 2 aromatic rings. The minimum absolute atomic E-state index is 0.0968. The van der Waals surface area contributed by atoms with Crippen LogP contribution in [0.25, 0.3) is 11.3 Å². The summed E-state index contributed by atoms with van der Waals surface area (Å²) in [6, 6.07) is 7.26. The Bertz CT molecular complexity index is 791. The van der Waals surface area contributed by atoms with Gasteiger partial charge in [0.1, 0.15) is 11.3 Å². The first-order valence-corrected chi connectivity index (χ1v) is 6.68. The number of hydrogen-bond acceptors (Lipinski definition) is 3. The van der Waals surface area contributed by atoms with E-state index in [1.54, 1.807) is 7.11 Å². The molecule has 0 fully saturated rings. The maximum Gasteiger partial charge on any atom is 0.341 e. The fourth-order valence-corrected chi connectivity index (χ4v) is 2.81.